The fraction of sp³-hybridized carbons (Fsp3) is 0.225. The number of anilines is 1. The van der Waals surface area contributed by atoms with Gasteiger partial charge in [-0.2, -0.15) is 0 Å². The highest BCUT2D eigenvalue weighted by Crippen LogP contribution is 2.38. The van der Waals surface area contributed by atoms with Gasteiger partial charge < -0.3 is 55.0 Å². The number of hydrogen-bond donors (Lipinski definition) is 7. The number of ether oxygens (including phenoxy) is 4. The molecule has 0 saturated carbocycles. The number of aromatic nitrogens is 4. The molecule has 14 aromatic rings. The molecule has 4 aromatic heterocycles. The zero-order valence-electron chi connectivity index (χ0n) is 73.3. The summed E-state index contributed by atoms with van der Waals surface area (Å²) in [6, 6.07) is 62.7. The van der Waals surface area contributed by atoms with Crippen LogP contribution < -0.4 is 24.7 Å². The van der Waals surface area contributed by atoms with E-state index >= 15 is 0 Å². The van der Waals surface area contributed by atoms with Crippen molar-refractivity contribution in [3.05, 3.63) is 324 Å². The summed E-state index contributed by atoms with van der Waals surface area (Å²) in [5.41, 5.74) is 13.2. The molecule has 14 rings (SSSR count). The number of nitrogen functional groups attached to an aromatic ring is 1. The summed E-state index contributed by atoms with van der Waals surface area (Å²) in [5.74, 6) is -0.767. The van der Waals surface area contributed by atoms with E-state index in [9.17, 15) is 47.9 Å². The number of nitrogens with two attached hydrogens (primary N) is 1. The maximum Gasteiger partial charge on any atom is 0.307 e. The minimum atomic E-state index is -0.856. The highest BCUT2D eigenvalue weighted by Gasteiger charge is 2.26. The molecule has 0 radical (unpaired) electrons. The van der Waals surface area contributed by atoms with E-state index in [1.807, 2.05) is 140 Å². The number of carboxylic acid groups (broad SMARTS) is 3. The van der Waals surface area contributed by atoms with Crippen LogP contribution in [0.2, 0.25) is 60.4 Å². The van der Waals surface area contributed by atoms with Crippen LogP contribution in [0.15, 0.2) is 225 Å². The van der Waals surface area contributed by atoms with Gasteiger partial charge >= 0.3 is 17.9 Å². The predicted molar refractivity (Wildman–Crippen MR) is 556 cm³/mol. The van der Waals surface area contributed by atoms with E-state index in [0.29, 0.717) is 93.0 Å². The van der Waals surface area contributed by atoms with Crippen molar-refractivity contribution in [3.63, 3.8) is 0 Å². The maximum atomic E-state index is 11.2. The Kier molecular flexibility index (Phi) is 54.3. The monoisotopic (exact) mass is 2090 g/mol. The summed E-state index contributed by atoms with van der Waals surface area (Å²) >= 11 is 69.0. The summed E-state index contributed by atoms with van der Waals surface area (Å²) in [5, 5.41) is 35.3. The van der Waals surface area contributed by atoms with Gasteiger partial charge in [-0.25, -0.2) is 4.98 Å². The number of pyridine rings is 1. The molecule has 0 atom stereocenters. The van der Waals surface area contributed by atoms with Gasteiger partial charge in [-0.05, 0) is 192 Å². The zero-order valence-corrected chi connectivity index (χ0v) is 82.4. The average molecular weight is 2100 g/mol. The lowest BCUT2D eigenvalue weighted by Crippen LogP contribution is -2.36. The van der Waals surface area contributed by atoms with E-state index in [0.717, 1.165) is 66.8 Å². The van der Waals surface area contributed by atoms with Crippen LogP contribution in [-0.2, 0) is 70.5 Å². The van der Waals surface area contributed by atoms with E-state index in [1.165, 1.54) is 64.8 Å². The molecule has 0 unspecified atom stereocenters. The third-order valence-electron chi connectivity index (χ3n) is 18.0. The molecule has 34 heteroatoms. The highest BCUT2D eigenvalue weighted by atomic mass is 35.5. The molecular weight excluding hydrogens is 1990 g/mol. The van der Waals surface area contributed by atoms with Crippen LogP contribution in [0.25, 0.3) is 43.5 Å². The Bertz CT molecular complexity index is 6360. The van der Waals surface area contributed by atoms with Crippen molar-refractivity contribution in [1.29, 1.82) is 0 Å². The van der Waals surface area contributed by atoms with Crippen LogP contribution in [0.4, 0.5) is 5.69 Å². The molecule has 10 aromatic carbocycles. The minimum absolute atomic E-state index is 0. The number of carbonyl (C=O) groups is 10. The highest BCUT2D eigenvalue weighted by molar-refractivity contribution is 6.46. The Labute approximate surface area is 850 Å². The SMILES string of the molecule is C.C.C.CC(=O)C(C)(C)Oc1ccc(Cl)cc1.CC(=O)COc1cc(Cl)c(Cl)cc1Cl.CC(=O)COc1ccc(Cl)cc1Cl.CC(=O)Cc1c[nH]c2ccccc12.CC(=O)Cc1ccccc1.CC(=O)c1nc(Cl)c(Cl)c(N)c1Cl.COc1c(Cl)ccc(Cl)c1C(C)=O.O=C(O)CCCc1c[nH]c2ccccc12.O=C(O)Cc1c[nH]c2cccc(Cl)c12.O=C(O)Cc1cccc2ccccc12. The van der Waals surface area contributed by atoms with Gasteiger partial charge in [0, 0.05) is 93.6 Å². The third kappa shape index (κ3) is 41.4. The number of benzene rings is 10. The Balaban J connectivity index is 0.000000511. The first-order valence-electron chi connectivity index (χ1n) is 40.0. The number of halogens is 12. The normalized spacial score (nSPS) is 10.0. The number of aliphatic carboxylic acids is 3. The van der Waals surface area contributed by atoms with E-state index in [4.69, 9.17) is 179 Å². The second kappa shape index (κ2) is 61.1. The Hall–Kier alpha value is -11.2. The number of fused-ring (bicyclic) bond motifs is 4. The number of rotatable bonds is 24. The number of hydrogen-bond acceptors (Lipinski definition) is 16. The first-order valence-corrected chi connectivity index (χ1v) is 44.5. The summed E-state index contributed by atoms with van der Waals surface area (Å²) in [7, 11) is 1.45. The first-order chi connectivity index (χ1) is 62.8. The molecule has 0 fully saturated rings. The largest absolute Gasteiger partial charge is 0.494 e. The van der Waals surface area contributed by atoms with Gasteiger partial charge in [0.05, 0.1) is 71.4 Å². The molecule has 0 aliphatic carbocycles. The number of methoxy groups -OCH3 is 1. The molecule has 0 saturated heterocycles. The minimum Gasteiger partial charge on any atom is -0.494 e. The van der Waals surface area contributed by atoms with Crippen molar-refractivity contribution >= 4 is 247 Å². The number of para-hydroxylation sites is 2. The van der Waals surface area contributed by atoms with Gasteiger partial charge in [-0.15, -0.1) is 0 Å². The maximum absolute atomic E-state index is 11.2. The number of aryl methyl sites for hydroxylation is 1. The predicted octanol–water partition coefficient (Wildman–Crippen LogP) is 29.2. The van der Waals surface area contributed by atoms with Crippen LogP contribution in [0, 0.1) is 0 Å². The van der Waals surface area contributed by atoms with Crippen molar-refractivity contribution in [3.8, 4) is 23.0 Å². The molecule has 0 spiro atoms. The quantitative estimate of drug-likeness (QED) is 0.0168. The molecule has 136 heavy (non-hydrogen) atoms. The van der Waals surface area contributed by atoms with Gasteiger partial charge in [0.25, 0.3) is 0 Å². The Morgan fingerprint density at radius 1 is 0.412 bits per heavy atom. The third-order valence-corrected chi connectivity index (χ3v) is 21.9. The molecule has 0 aliphatic rings. The molecule has 0 amide bonds. The van der Waals surface area contributed by atoms with Gasteiger partial charge in [0.15, 0.2) is 39.7 Å². The second-order valence-electron chi connectivity index (χ2n) is 29.2. The van der Waals surface area contributed by atoms with Crippen molar-refractivity contribution in [2.75, 3.05) is 26.1 Å². The lowest BCUT2D eigenvalue weighted by Gasteiger charge is -2.23. The Morgan fingerprint density at radius 3 is 1.42 bits per heavy atom. The number of aromatic amines is 3. The topological polar surface area (TPSA) is 355 Å². The van der Waals surface area contributed by atoms with Crippen LogP contribution in [0.5, 0.6) is 23.0 Å². The fourth-order valence-corrected chi connectivity index (χ4v) is 14.2. The van der Waals surface area contributed by atoms with Crippen LogP contribution in [0.3, 0.4) is 0 Å². The van der Waals surface area contributed by atoms with Gasteiger partial charge in [0.2, 0.25) is 0 Å². The molecule has 4 heterocycles. The van der Waals surface area contributed by atoms with E-state index in [1.54, 1.807) is 94.6 Å². The summed E-state index contributed by atoms with van der Waals surface area (Å²) in [6.45, 7) is 13.8. The zero-order chi connectivity index (χ0) is 98.9. The van der Waals surface area contributed by atoms with Crippen molar-refractivity contribution < 1.29 is 82.2 Å². The summed E-state index contributed by atoms with van der Waals surface area (Å²) < 4.78 is 20.7. The number of nitrogens with one attached hydrogen (secondary N) is 3. The number of H-pyrrole nitrogens is 3. The first kappa shape index (κ1) is 121. The standard InChI is InChI=1S/C12H13NO2.C12H10O2.C11H13ClO2.C11H11NO.C10H8ClNO2.C9H7Cl3O2.2C9H8Cl2O2.C9H10O.C7H5Cl3N2O.3CH4/c14-12(15)7-3-4-9-8-13-11-6-2-1-5-10(9)11;13-12(14)8-10-6-3-5-9-4-1-2-7-11(9)10;1-8(13)11(2,3)14-10-6-4-9(12)5-7-10;1-8(13)6-9-7-12-11-5-3-2-4-10(9)11;11-7-2-1-3-8-10(7)6(5-12-8)4-9(13)14;1-5(13)4-14-9-3-7(11)6(10)2-8(9)12;1-5(12)8-6(10)3-4-7(11)9(8)13-2;1-6(12)5-13-9-3-2-7(10)4-8(9)11;1-8(10)7-9-5-3-2-4-6-9;1-2(13)6-3(8)5(11)4(9)7(10)12-6;;;/h1-2,5-6,8,13H,3-4,7H2,(H,14,15);1-7H,8H2,(H,13,14);4-7H,1-3H3;2-5,7,12H,6H2,1H3;1-3,5,12H,4H2,(H,13,14);2-3H,4H2,1H3;3-4H,1-2H3;2-4H,5H2,1H3;2-6H,7H2,1H3;1H3,(H2,11,12);3*1H4. The number of Topliss-reactive ketones (excluding diaryl/α,β-unsaturated/α-hetero) is 7. The Morgan fingerprint density at radius 2 is 0.890 bits per heavy atom. The summed E-state index contributed by atoms with van der Waals surface area (Å²) in [6.07, 6.45) is 8.45. The molecule has 22 nitrogen and oxygen atoms in total. The summed E-state index contributed by atoms with van der Waals surface area (Å²) in [4.78, 5) is 121. The molecular formula is C102H105Cl12N5O17. The number of carbonyl (C=O) groups excluding carboxylic acids is 7. The van der Waals surface area contributed by atoms with Gasteiger partial charge in [0.1, 0.15) is 58.5 Å². The van der Waals surface area contributed by atoms with Crippen LogP contribution >= 0.6 is 139 Å². The number of ketones is 7. The lowest BCUT2D eigenvalue weighted by atomic mass is 10.0. The number of carboxylic acids is 3. The van der Waals surface area contributed by atoms with E-state index in [2.05, 4.69) is 26.0 Å². The number of nitrogens with zero attached hydrogens (tertiary/aromatic N) is 1. The smallest absolute Gasteiger partial charge is 0.307 e. The van der Waals surface area contributed by atoms with E-state index < -0.39 is 23.5 Å². The molecule has 0 bridgehead atoms. The van der Waals surface area contributed by atoms with Crippen molar-refractivity contribution in [2.24, 2.45) is 0 Å². The van der Waals surface area contributed by atoms with Crippen LogP contribution in [0.1, 0.15) is 146 Å². The van der Waals surface area contributed by atoms with Gasteiger partial charge in [-0.3, -0.25) is 47.9 Å². The van der Waals surface area contributed by atoms with Crippen molar-refractivity contribution in [1.82, 2.24) is 19.9 Å². The molecule has 724 valence electrons. The molecule has 0 aliphatic heterocycles. The average Bonchev–Trinajstić information content (AvgIpc) is 1.68. The fourth-order valence-electron chi connectivity index (χ4n) is 11.6. The molecule has 8 N–H and O–H groups in total. The van der Waals surface area contributed by atoms with E-state index in [-0.39, 0.29) is 122 Å². The lowest BCUT2D eigenvalue weighted by molar-refractivity contribution is -0.137. The second-order valence-corrected chi connectivity index (χ2v) is 34.0. The van der Waals surface area contributed by atoms with Crippen molar-refractivity contribution in [2.45, 2.75) is 135 Å². The van der Waals surface area contributed by atoms with Crippen LogP contribution in [-0.4, -0.2) is 120 Å². The van der Waals surface area contributed by atoms with Gasteiger partial charge in [-0.1, -0.05) is 277 Å².